The minimum absolute atomic E-state index is 0.104. The third-order valence-electron chi connectivity index (χ3n) is 1.63. The van der Waals surface area contributed by atoms with Gasteiger partial charge in [0.1, 0.15) is 12.3 Å². The van der Waals surface area contributed by atoms with Gasteiger partial charge in [0.25, 0.3) is 0 Å². The average Bonchev–Trinajstić information content (AvgIpc) is 2.77. The summed E-state index contributed by atoms with van der Waals surface area (Å²) in [5.41, 5.74) is -0.224. The molecule has 0 aliphatic rings. The van der Waals surface area contributed by atoms with Crippen LogP contribution in [0.2, 0.25) is 0 Å². The molecule has 8 nitrogen and oxygen atoms in total. The van der Waals surface area contributed by atoms with Gasteiger partial charge in [0, 0.05) is 5.38 Å². The van der Waals surface area contributed by atoms with E-state index < -0.39 is 12.1 Å². The molecular weight excluding hydrogens is 262 g/mol. The third-order valence-corrected chi connectivity index (χ3v) is 2.39. The Bertz CT molecular complexity index is 471. The Kier molecular flexibility index (Phi) is 5.06. The number of aromatic nitrogens is 1. The maximum atomic E-state index is 10.9. The van der Waals surface area contributed by atoms with Crippen molar-refractivity contribution >= 4 is 34.2 Å². The van der Waals surface area contributed by atoms with E-state index in [2.05, 4.69) is 25.0 Å². The monoisotopic (exact) mass is 273 g/mol. The number of thiazole rings is 1. The van der Waals surface area contributed by atoms with Crippen LogP contribution >= 0.6 is 11.3 Å². The molecule has 0 saturated carbocycles. The molecule has 0 unspecified atom stereocenters. The number of nitrogens with zero attached hydrogens (tertiary/aromatic N) is 2. The van der Waals surface area contributed by atoms with Crippen molar-refractivity contribution in [3.05, 3.63) is 11.1 Å². The van der Waals surface area contributed by atoms with Crippen LogP contribution < -0.4 is 5.32 Å². The van der Waals surface area contributed by atoms with Crippen LogP contribution in [0.3, 0.4) is 0 Å². The number of carbonyl (C=O) groups excluding carboxylic acids is 1. The second kappa shape index (κ2) is 6.55. The highest BCUT2D eigenvalue weighted by molar-refractivity contribution is 7.14. The van der Waals surface area contributed by atoms with E-state index in [1.54, 1.807) is 6.92 Å². The molecule has 1 aromatic rings. The molecule has 2 N–H and O–H groups in total. The number of rotatable bonds is 5. The van der Waals surface area contributed by atoms with Gasteiger partial charge in [0.05, 0.1) is 7.11 Å². The number of oxime groups is 1. The summed E-state index contributed by atoms with van der Waals surface area (Å²) in [6, 6.07) is 0. The first-order valence-corrected chi connectivity index (χ1v) is 5.70. The van der Waals surface area contributed by atoms with Crippen LogP contribution in [-0.2, 0) is 14.4 Å². The Morgan fingerprint density at radius 2 is 2.33 bits per heavy atom. The first-order chi connectivity index (χ1) is 8.58. The first-order valence-electron chi connectivity index (χ1n) is 4.82. The minimum atomic E-state index is -1.27. The zero-order chi connectivity index (χ0) is 13.5. The minimum Gasteiger partial charge on any atom is -0.476 e. The highest BCUT2D eigenvalue weighted by atomic mass is 32.1. The van der Waals surface area contributed by atoms with Gasteiger partial charge in [-0.3, -0.25) is 5.32 Å². The van der Waals surface area contributed by atoms with Crippen LogP contribution in [0.4, 0.5) is 9.93 Å². The van der Waals surface area contributed by atoms with Gasteiger partial charge in [-0.1, -0.05) is 5.16 Å². The predicted molar refractivity (Wildman–Crippen MR) is 63.9 cm³/mol. The number of anilines is 1. The fraction of sp³-hybridized carbons (Fsp3) is 0.333. The number of nitrogens with one attached hydrogen (secondary N) is 1. The quantitative estimate of drug-likeness (QED) is 0.615. The van der Waals surface area contributed by atoms with Gasteiger partial charge >= 0.3 is 12.1 Å². The summed E-state index contributed by atoms with van der Waals surface area (Å²) in [4.78, 5) is 30.4. The Labute approximate surface area is 106 Å². The van der Waals surface area contributed by atoms with Crippen molar-refractivity contribution in [2.45, 2.75) is 6.92 Å². The Hall–Kier alpha value is -2.16. The molecule has 0 atom stereocenters. The largest absolute Gasteiger partial charge is 0.476 e. The lowest BCUT2D eigenvalue weighted by Gasteiger charge is -1.98. The van der Waals surface area contributed by atoms with E-state index >= 15 is 0 Å². The highest BCUT2D eigenvalue weighted by Crippen LogP contribution is 2.16. The number of amides is 1. The summed E-state index contributed by atoms with van der Waals surface area (Å²) in [5.74, 6) is -1.27. The summed E-state index contributed by atoms with van der Waals surface area (Å²) >= 11 is 1.05. The summed E-state index contributed by atoms with van der Waals surface area (Å²) in [6.45, 7) is 1.92. The molecule has 1 rings (SSSR count). The maximum Gasteiger partial charge on any atom is 0.413 e. The topological polar surface area (TPSA) is 110 Å². The fourth-order valence-electron chi connectivity index (χ4n) is 0.903. The van der Waals surface area contributed by atoms with E-state index in [-0.39, 0.29) is 23.1 Å². The molecule has 0 aliphatic carbocycles. The molecule has 0 aliphatic heterocycles. The second-order valence-corrected chi connectivity index (χ2v) is 3.68. The van der Waals surface area contributed by atoms with Crippen LogP contribution in [0.5, 0.6) is 0 Å². The van der Waals surface area contributed by atoms with E-state index in [0.717, 1.165) is 11.3 Å². The van der Waals surface area contributed by atoms with Gasteiger partial charge in [-0.05, 0) is 6.92 Å². The molecule has 1 heterocycles. The lowest BCUT2D eigenvalue weighted by molar-refractivity contribution is -0.129. The standard InChI is InChI=1S/C9H11N3O5S/c1-3-17-12-6(7(13)14)5-4-18-8(10-5)11-9(15)16-2/h4H,3H2,1-2H3,(H,13,14)(H,10,11,15). The number of hydrogen-bond acceptors (Lipinski definition) is 7. The van der Waals surface area contributed by atoms with Crippen molar-refractivity contribution in [2.75, 3.05) is 19.0 Å². The number of hydrogen-bond donors (Lipinski definition) is 2. The number of carbonyl (C=O) groups is 2. The molecule has 0 radical (unpaired) electrons. The van der Waals surface area contributed by atoms with E-state index in [0.29, 0.717) is 0 Å². The third kappa shape index (κ3) is 3.70. The van der Waals surface area contributed by atoms with Crippen LogP contribution in [0.25, 0.3) is 0 Å². The normalized spacial score (nSPS) is 10.9. The molecule has 98 valence electrons. The molecule has 1 amide bonds. The first kappa shape index (κ1) is 13.9. The van der Waals surface area contributed by atoms with E-state index in [9.17, 15) is 9.59 Å². The molecule has 9 heteroatoms. The number of carboxylic acid groups (broad SMARTS) is 1. The van der Waals surface area contributed by atoms with Crippen molar-refractivity contribution in [2.24, 2.45) is 5.16 Å². The smallest absolute Gasteiger partial charge is 0.413 e. The zero-order valence-corrected chi connectivity index (χ0v) is 10.5. The maximum absolute atomic E-state index is 10.9. The van der Waals surface area contributed by atoms with Crippen molar-refractivity contribution in [3.63, 3.8) is 0 Å². The Balaban J connectivity index is 2.88. The molecule has 0 bridgehead atoms. The fourth-order valence-corrected chi connectivity index (χ4v) is 1.58. The Morgan fingerprint density at radius 3 is 2.89 bits per heavy atom. The molecule has 0 fully saturated rings. The lowest BCUT2D eigenvalue weighted by atomic mass is 10.3. The van der Waals surface area contributed by atoms with Crippen molar-refractivity contribution in [1.82, 2.24) is 4.98 Å². The van der Waals surface area contributed by atoms with Crippen molar-refractivity contribution in [3.8, 4) is 0 Å². The molecule has 0 spiro atoms. The summed E-state index contributed by atoms with van der Waals surface area (Å²) in [7, 11) is 1.21. The number of carboxylic acids is 1. The van der Waals surface area contributed by atoms with Gasteiger partial charge in [-0.2, -0.15) is 0 Å². The number of methoxy groups -OCH3 is 1. The lowest BCUT2D eigenvalue weighted by Crippen LogP contribution is -2.16. The van der Waals surface area contributed by atoms with Crippen LogP contribution in [0.1, 0.15) is 12.6 Å². The van der Waals surface area contributed by atoms with Gasteiger partial charge in [0.2, 0.25) is 5.71 Å². The SMILES string of the molecule is CCON=C(C(=O)O)c1csc(NC(=O)OC)n1. The summed E-state index contributed by atoms with van der Waals surface area (Å²) < 4.78 is 4.38. The van der Waals surface area contributed by atoms with Crippen LogP contribution in [0.15, 0.2) is 10.5 Å². The highest BCUT2D eigenvalue weighted by Gasteiger charge is 2.18. The van der Waals surface area contributed by atoms with Crippen molar-refractivity contribution < 1.29 is 24.3 Å². The summed E-state index contributed by atoms with van der Waals surface area (Å²) in [5, 5.41) is 16.3. The molecule has 18 heavy (non-hydrogen) atoms. The summed E-state index contributed by atoms with van der Waals surface area (Å²) in [6.07, 6.45) is -0.686. The Morgan fingerprint density at radius 1 is 1.61 bits per heavy atom. The molecule has 0 saturated heterocycles. The van der Waals surface area contributed by atoms with E-state index in [4.69, 9.17) is 5.11 Å². The van der Waals surface area contributed by atoms with E-state index in [1.807, 2.05) is 0 Å². The molecule has 1 aromatic heterocycles. The van der Waals surface area contributed by atoms with Crippen LogP contribution in [-0.4, -0.2) is 41.6 Å². The zero-order valence-electron chi connectivity index (χ0n) is 9.67. The van der Waals surface area contributed by atoms with Gasteiger partial charge in [-0.15, -0.1) is 11.3 Å². The van der Waals surface area contributed by atoms with Gasteiger partial charge < -0.3 is 14.7 Å². The predicted octanol–water partition coefficient (Wildman–Crippen LogP) is 1.15. The van der Waals surface area contributed by atoms with Crippen LogP contribution in [0, 0.1) is 0 Å². The average molecular weight is 273 g/mol. The second-order valence-electron chi connectivity index (χ2n) is 2.82. The van der Waals surface area contributed by atoms with Crippen molar-refractivity contribution in [1.29, 1.82) is 0 Å². The van der Waals surface area contributed by atoms with Gasteiger partial charge in [-0.25, -0.2) is 14.6 Å². The van der Waals surface area contributed by atoms with Gasteiger partial charge in [0.15, 0.2) is 5.13 Å². The molecule has 0 aromatic carbocycles. The number of ether oxygens (including phenoxy) is 1. The molecular formula is C9H11N3O5S. The number of aliphatic carboxylic acids is 1. The van der Waals surface area contributed by atoms with E-state index in [1.165, 1.54) is 12.5 Å².